The summed E-state index contributed by atoms with van der Waals surface area (Å²) in [5, 5.41) is 5.80. The van der Waals surface area contributed by atoms with E-state index in [0.29, 0.717) is 5.15 Å². The summed E-state index contributed by atoms with van der Waals surface area (Å²) in [5.74, 6) is 0. The van der Waals surface area contributed by atoms with Crippen LogP contribution in [0.2, 0.25) is 5.15 Å². The zero-order valence-corrected chi connectivity index (χ0v) is 8.84. The van der Waals surface area contributed by atoms with E-state index in [1.807, 2.05) is 18.7 Å². The van der Waals surface area contributed by atoms with Crippen molar-refractivity contribution in [2.24, 2.45) is 7.05 Å². The Kier molecular flexibility index (Phi) is 2.04. The fourth-order valence-corrected chi connectivity index (χ4v) is 1.71. The number of aryl methyl sites for hydroxylation is 2. The Morgan fingerprint density at radius 3 is 2.93 bits per heavy atom. The highest BCUT2D eigenvalue weighted by Gasteiger charge is 2.10. The van der Waals surface area contributed by atoms with Crippen LogP contribution in [0.3, 0.4) is 0 Å². The van der Waals surface area contributed by atoms with Crippen LogP contribution in [0, 0.1) is 6.92 Å². The molecule has 14 heavy (non-hydrogen) atoms. The van der Waals surface area contributed by atoms with Crippen molar-refractivity contribution in [3.8, 4) is 0 Å². The van der Waals surface area contributed by atoms with Crippen LogP contribution in [0.5, 0.6) is 0 Å². The van der Waals surface area contributed by atoms with E-state index in [1.165, 1.54) is 0 Å². The molecule has 72 valence electrons. The summed E-state index contributed by atoms with van der Waals surface area (Å²) in [4.78, 5) is 4.19. The second-order valence-electron chi connectivity index (χ2n) is 3.14. The standard InChI is InChI=1S/C10H10ClN3/c1-4-7-10-6(2)14(3)13-8(10)5-9(11)12-7/h4-5H,1H2,2-3H3. The van der Waals surface area contributed by atoms with E-state index in [1.54, 1.807) is 12.1 Å². The average Bonchev–Trinajstić information content (AvgIpc) is 2.41. The Morgan fingerprint density at radius 1 is 1.57 bits per heavy atom. The first-order chi connectivity index (χ1) is 6.63. The topological polar surface area (TPSA) is 30.7 Å². The zero-order chi connectivity index (χ0) is 10.3. The first-order valence-electron chi connectivity index (χ1n) is 4.25. The number of fused-ring (bicyclic) bond motifs is 1. The third kappa shape index (κ3) is 1.21. The molecule has 0 radical (unpaired) electrons. The smallest absolute Gasteiger partial charge is 0.132 e. The lowest BCUT2D eigenvalue weighted by molar-refractivity contribution is 0.751. The number of nitrogens with zero attached hydrogens (tertiary/aromatic N) is 3. The molecule has 0 fully saturated rings. The van der Waals surface area contributed by atoms with Crippen LogP contribution in [0.1, 0.15) is 11.4 Å². The molecule has 3 nitrogen and oxygen atoms in total. The summed E-state index contributed by atoms with van der Waals surface area (Å²) in [5.41, 5.74) is 2.72. The van der Waals surface area contributed by atoms with Crippen LogP contribution < -0.4 is 0 Å². The summed E-state index contributed by atoms with van der Waals surface area (Å²) in [6.07, 6.45) is 1.70. The van der Waals surface area contributed by atoms with Crippen molar-refractivity contribution in [1.82, 2.24) is 14.8 Å². The highest BCUT2D eigenvalue weighted by atomic mass is 35.5. The summed E-state index contributed by atoms with van der Waals surface area (Å²) in [6, 6.07) is 1.76. The first kappa shape index (κ1) is 9.21. The van der Waals surface area contributed by atoms with E-state index in [0.717, 1.165) is 22.3 Å². The molecule has 2 rings (SSSR count). The molecule has 0 aliphatic heterocycles. The number of pyridine rings is 1. The molecule has 0 unspecified atom stereocenters. The van der Waals surface area contributed by atoms with Crippen molar-refractivity contribution in [1.29, 1.82) is 0 Å². The molecule has 0 aliphatic rings. The van der Waals surface area contributed by atoms with Crippen molar-refractivity contribution in [3.63, 3.8) is 0 Å². The van der Waals surface area contributed by atoms with Crippen LogP contribution in [-0.2, 0) is 7.05 Å². The second kappa shape index (κ2) is 3.10. The van der Waals surface area contributed by atoms with Crippen LogP contribution in [-0.4, -0.2) is 14.8 Å². The second-order valence-corrected chi connectivity index (χ2v) is 3.52. The minimum atomic E-state index is 0.450. The van der Waals surface area contributed by atoms with Gasteiger partial charge >= 0.3 is 0 Å². The van der Waals surface area contributed by atoms with E-state index in [9.17, 15) is 0 Å². The molecule has 0 aromatic carbocycles. The van der Waals surface area contributed by atoms with Gasteiger partial charge in [-0.05, 0) is 13.0 Å². The fraction of sp³-hybridized carbons (Fsp3) is 0.200. The van der Waals surface area contributed by atoms with E-state index < -0.39 is 0 Å². The molecule has 0 spiro atoms. The van der Waals surface area contributed by atoms with Gasteiger partial charge in [0, 0.05) is 24.2 Å². The number of hydrogen-bond donors (Lipinski definition) is 0. The van der Waals surface area contributed by atoms with Gasteiger partial charge in [0.15, 0.2) is 0 Å². The van der Waals surface area contributed by atoms with E-state index in [2.05, 4.69) is 16.7 Å². The molecule has 2 heterocycles. The third-order valence-electron chi connectivity index (χ3n) is 2.29. The number of rotatable bonds is 1. The average molecular weight is 208 g/mol. The predicted octanol–water partition coefficient (Wildman–Crippen LogP) is 2.57. The molecule has 0 amide bonds. The quantitative estimate of drug-likeness (QED) is 0.673. The molecule has 2 aromatic rings. The largest absolute Gasteiger partial charge is 0.272 e. The molecule has 0 saturated heterocycles. The summed E-state index contributed by atoms with van der Waals surface area (Å²) in [7, 11) is 1.90. The van der Waals surface area contributed by atoms with Crippen molar-refractivity contribution >= 4 is 28.6 Å². The van der Waals surface area contributed by atoms with Gasteiger partial charge < -0.3 is 0 Å². The maximum atomic E-state index is 5.86. The number of halogens is 1. The summed E-state index contributed by atoms with van der Waals surface area (Å²) < 4.78 is 1.82. The van der Waals surface area contributed by atoms with Crippen LogP contribution in [0.15, 0.2) is 12.6 Å². The first-order valence-corrected chi connectivity index (χ1v) is 4.63. The molecular weight excluding hydrogens is 198 g/mol. The predicted molar refractivity (Wildman–Crippen MR) is 58.3 cm³/mol. The Labute approximate surface area is 87.0 Å². The van der Waals surface area contributed by atoms with Crippen LogP contribution in [0.4, 0.5) is 0 Å². The van der Waals surface area contributed by atoms with E-state index >= 15 is 0 Å². The van der Waals surface area contributed by atoms with Gasteiger partial charge in [0.25, 0.3) is 0 Å². The molecule has 0 aliphatic carbocycles. The molecule has 0 N–H and O–H groups in total. The highest BCUT2D eigenvalue weighted by molar-refractivity contribution is 6.30. The molecular formula is C10H10ClN3. The van der Waals surface area contributed by atoms with E-state index in [-0.39, 0.29) is 0 Å². The zero-order valence-electron chi connectivity index (χ0n) is 8.08. The van der Waals surface area contributed by atoms with Crippen LogP contribution in [0.25, 0.3) is 17.0 Å². The van der Waals surface area contributed by atoms with Crippen molar-refractivity contribution < 1.29 is 0 Å². The van der Waals surface area contributed by atoms with Gasteiger partial charge in [-0.1, -0.05) is 18.2 Å². The van der Waals surface area contributed by atoms with Gasteiger partial charge in [-0.2, -0.15) is 5.10 Å². The number of aromatic nitrogens is 3. The van der Waals surface area contributed by atoms with Gasteiger partial charge in [-0.25, -0.2) is 4.98 Å². The molecule has 0 bridgehead atoms. The summed E-state index contributed by atoms with van der Waals surface area (Å²) >= 11 is 5.86. The molecule has 2 aromatic heterocycles. The molecule has 4 heteroatoms. The fourth-order valence-electron chi connectivity index (χ4n) is 1.52. The van der Waals surface area contributed by atoms with Crippen molar-refractivity contribution in [2.45, 2.75) is 6.92 Å². The monoisotopic (exact) mass is 207 g/mol. The van der Waals surface area contributed by atoms with Crippen molar-refractivity contribution in [3.05, 3.63) is 29.2 Å². The Hall–Kier alpha value is -1.35. The van der Waals surface area contributed by atoms with Crippen LogP contribution >= 0.6 is 11.6 Å². The normalized spacial score (nSPS) is 10.8. The lowest BCUT2D eigenvalue weighted by Gasteiger charge is -1.97. The third-order valence-corrected chi connectivity index (χ3v) is 2.49. The summed E-state index contributed by atoms with van der Waals surface area (Å²) in [6.45, 7) is 5.71. The lowest BCUT2D eigenvalue weighted by atomic mass is 10.2. The van der Waals surface area contributed by atoms with Gasteiger partial charge in [0.05, 0.1) is 11.2 Å². The Morgan fingerprint density at radius 2 is 2.29 bits per heavy atom. The molecule has 0 saturated carbocycles. The maximum Gasteiger partial charge on any atom is 0.132 e. The SMILES string of the molecule is C=Cc1nc(Cl)cc2nn(C)c(C)c12. The number of hydrogen-bond acceptors (Lipinski definition) is 2. The lowest BCUT2D eigenvalue weighted by Crippen LogP contribution is -1.91. The van der Waals surface area contributed by atoms with Gasteiger partial charge in [-0.3, -0.25) is 4.68 Å². The van der Waals surface area contributed by atoms with Gasteiger partial charge in [0.1, 0.15) is 5.15 Å². The Balaban J connectivity index is 2.95. The highest BCUT2D eigenvalue weighted by Crippen LogP contribution is 2.23. The van der Waals surface area contributed by atoms with Crippen molar-refractivity contribution in [2.75, 3.05) is 0 Å². The minimum absolute atomic E-state index is 0.450. The Bertz CT molecular complexity index is 514. The van der Waals surface area contributed by atoms with Gasteiger partial charge in [-0.15, -0.1) is 0 Å². The molecule has 0 atom stereocenters. The van der Waals surface area contributed by atoms with Gasteiger partial charge in [0.2, 0.25) is 0 Å². The van der Waals surface area contributed by atoms with E-state index in [4.69, 9.17) is 11.6 Å². The maximum absolute atomic E-state index is 5.86. The minimum Gasteiger partial charge on any atom is -0.272 e.